The van der Waals surface area contributed by atoms with Crippen molar-refractivity contribution < 1.29 is 27.6 Å². The minimum Gasteiger partial charge on any atom is -0.325 e. The molecule has 14 heteroatoms. The van der Waals surface area contributed by atoms with Gasteiger partial charge in [-0.1, -0.05) is 88.8 Å². The Labute approximate surface area is 260 Å². The van der Waals surface area contributed by atoms with Gasteiger partial charge in [-0.05, 0) is 35.9 Å². The summed E-state index contributed by atoms with van der Waals surface area (Å²) in [6, 6.07) is 17.7. The van der Waals surface area contributed by atoms with E-state index < -0.39 is 63.7 Å². The maximum Gasteiger partial charge on any atom is 0.418 e. The summed E-state index contributed by atoms with van der Waals surface area (Å²) < 4.78 is 43.0. The number of anilines is 2. The van der Waals surface area contributed by atoms with Gasteiger partial charge in [-0.3, -0.25) is 23.7 Å². The summed E-state index contributed by atoms with van der Waals surface area (Å²) in [6.45, 7) is -0.400. The highest BCUT2D eigenvalue weighted by molar-refractivity contribution is 8.00. The van der Waals surface area contributed by atoms with Crippen molar-refractivity contribution in [3.05, 3.63) is 109 Å². The van der Waals surface area contributed by atoms with Crippen LogP contribution in [0.5, 0.6) is 0 Å². The van der Waals surface area contributed by atoms with Gasteiger partial charge in [-0.25, -0.2) is 4.90 Å². The zero-order valence-corrected chi connectivity index (χ0v) is 24.7. The van der Waals surface area contributed by atoms with Crippen molar-refractivity contribution in [2.75, 3.05) is 10.2 Å². The zero-order chi connectivity index (χ0) is 30.6. The van der Waals surface area contributed by atoms with E-state index in [4.69, 9.17) is 23.2 Å². The molecule has 4 aromatic rings. The topological polar surface area (TPSA) is 88.5 Å². The van der Waals surface area contributed by atoms with Crippen LogP contribution in [-0.2, 0) is 27.1 Å². The molecule has 3 atom stereocenters. The van der Waals surface area contributed by atoms with Crippen LogP contribution in [0.25, 0.3) is 0 Å². The lowest BCUT2D eigenvalue weighted by Gasteiger charge is -2.31. The predicted octanol–water partition coefficient (Wildman–Crippen LogP) is 6.67. The Balaban J connectivity index is 1.47. The molecule has 0 spiro atoms. The van der Waals surface area contributed by atoms with Crippen molar-refractivity contribution in [2.45, 2.75) is 28.9 Å². The molecule has 2 aliphatic rings. The van der Waals surface area contributed by atoms with E-state index in [1.165, 1.54) is 22.8 Å². The number of nitrogens with one attached hydrogen (secondary N) is 1. The molecule has 2 aliphatic heterocycles. The number of halogens is 5. The van der Waals surface area contributed by atoms with E-state index in [2.05, 4.69) is 5.32 Å². The van der Waals surface area contributed by atoms with Gasteiger partial charge in [0.2, 0.25) is 17.7 Å². The van der Waals surface area contributed by atoms with Gasteiger partial charge in [0.1, 0.15) is 11.8 Å². The molecule has 7 nitrogen and oxygen atoms in total. The van der Waals surface area contributed by atoms with Crippen molar-refractivity contribution in [1.29, 1.82) is 0 Å². The third-order valence-corrected chi connectivity index (χ3v) is 10.6. The Morgan fingerprint density at radius 2 is 1.60 bits per heavy atom. The van der Waals surface area contributed by atoms with Crippen molar-refractivity contribution in [3.63, 3.8) is 0 Å². The molecule has 3 heterocycles. The summed E-state index contributed by atoms with van der Waals surface area (Å²) in [7, 11) is 0. The van der Waals surface area contributed by atoms with Crippen LogP contribution in [0, 0.1) is 5.92 Å². The smallest absolute Gasteiger partial charge is 0.325 e. The van der Waals surface area contributed by atoms with E-state index in [0.717, 1.165) is 35.2 Å². The molecule has 43 heavy (non-hydrogen) atoms. The lowest BCUT2D eigenvalue weighted by molar-refractivity contribution is -0.137. The fourth-order valence-electron chi connectivity index (χ4n) is 5.36. The second kappa shape index (κ2) is 11.2. The van der Waals surface area contributed by atoms with Gasteiger partial charge in [0.25, 0.3) is 0 Å². The number of benzene rings is 3. The number of rotatable bonds is 5. The first-order chi connectivity index (χ1) is 20.5. The minimum atomic E-state index is -4.83. The second-order valence-electron chi connectivity index (χ2n) is 9.75. The SMILES string of the molecule is O=C(Cn1c2c(sc1=O)[C@H](c1cccc(Cl)c1Cl)C1C(=O)N(c3ccccc3C(F)(F)F)C(=O)C1S2)Nc1ccccc1. The molecule has 1 N–H and O–H groups in total. The van der Waals surface area contributed by atoms with Crippen LogP contribution in [0.1, 0.15) is 21.9 Å². The van der Waals surface area contributed by atoms with Crippen molar-refractivity contribution in [1.82, 2.24) is 4.57 Å². The maximum absolute atomic E-state index is 14.0. The molecule has 0 bridgehead atoms. The summed E-state index contributed by atoms with van der Waals surface area (Å²) in [5, 5.41) is 1.99. The number of para-hydroxylation sites is 2. The Morgan fingerprint density at radius 3 is 2.33 bits per heavy atom. The van der Waals surface area contributed by atoms with Crippen LogP contribution in [-0.4, -0.2) is 27.5 Å². The van der Waals surface area contributed by atoms with E-state index in [1.807, 2.05) is 0 Å². The maximum atomic E-state index is 14.0. The number of aromatic nitrogens is 1. The number of thioether (sulfide) groups is 1. The molecular formula is C29H18Cl2F3N3O4S2. The Hall–Kier alpha value is -3.58. The van der Waals surface area contributed by atoms with Gasteiger partial charge in [-0.2, -0.15) is 13.2 Å². The highest BCUT2D eigenvalue weighted by atomic mass is 35.5. The number of carbonyl (C=O) groups excluding carboxylic acids is 3. The lowest BCUT2D eigenvalue weighted by atomic mass is 9.83. The monoisotopic (exact) mass is 663 g/mol. The van der Waals surface area contributed by atoms with E-state index in [0.29, 0.717) is 21.0 Å². The average Bonchev–Trinajstić information content (AvgIpc) is 3.41. The Kier molecular flexibility index (Phi) is 7.66. The van der Waals surface area contributed by atoms with Crippen LogP contribution in [0.3, 0.4) is 0 Å². The number of thiazole rings is 1. The van der Waals surface area contributed by atoms with Crippen molar-refractivity contribution in [3.8, 4) is 0 Å². The summed E-state index contributed by atoms with van der Waals surface area (Å²) in [6.07, 6.45) is -4.83. The number of amides is 3. The third-order valence-electron chi connectivity index (χ3n) is 7.18. The molecule has 0 saturated carbocycles. The first-order valence-corrected chi connectivity index (χ1v) is 15.2. The first-order valence-electron chi connectivity index (χ1n) is 12.7. The van der Waals surface area contributed by atoms with Gasteiger partial charge >= 0.3 is 11.0 Å². The van der Waals surface area contributed by atoms with Crippen LogP contribution in [0.2, 0.25) is 10.0 Å². The molecule has 1 fully saturated rings. The third kappa shape index (κ3) is 5.16. The van der Waals surface area contributed by atoms with Gasteiger partial charge in [-0.15, -0.1) is 0 Å². The summed E-state index contributed by atoms with van der Waals surface area (Å²) >= 11 is 14.6. The lowest BCUT2D eigenvalue weighted by Crippen LogP contribution is -2.33. The molecule has 1 aromatic heterocycles. The average molecular weight is 665 g/mol. The fourth-order valence-corrected chi connectivity index (χ4v) is 8.55. The van der Waals surface area contributed by atoms with Crippen molar-refractivity contribution >= 4 is 75.4 Å². The highest BCUT2D eigenvalue weighted by Crippen LogP contribution is 2.55. The highest BCUT2D eigenvalue weighted by Gasteiger charge is 2.58. The predicted molar refractivity (Wildman–Crippen MR) is 159 cm³/mol. The molecule has 2 unspecified atom stereocenters. The van der Waals surface area contributed by atoms with E-state index >= 15 is 0 Å². The number of hydrogen-bond acceptors (Lipinski definition) is 6. The molecule has 1 saturated heterocycles. The quantitative estimate of drug-likeness (QED) is 0.241. The Bertz CT molecular complexity index is 1840. The number of nitrogens with zero attached hydrogens (tertiary/aromatic N) is 2. The van der Waals surface area contributed by atoms with Crippen LogP contribution in [0.15, 0.2) is 82.6 Å². The van der Waals surface area contributed by atoms with Crippen LogP contribution >= 0.6 is 46.3 Å². The molecule has 6 rings (SSSR count). The summed E-state index contributed by atoms with van der Waals surface area (Å²) in [4.78, 5) is 54.5. The molecule has 3 amide bonds. The molecule has 220 valence electrons. The largest absolute Gasteiger partial charge is 0.418 e. The molecule has 0 aliphatic carbocycles. The van der Waals surface area contributed by atoms with Crippen LogP contribution < -0.4 is 15.1 Å². The standard InChI is InChI=1S/C29H18Cl2F3N3O4S2/c30-17-11-6-9-15(22(17)31)20-21-23(26(40)37(25(21)39)18-12-5-4-10-16(18)29(32,33)34)42-27-24(20)43-28(41)36(27)13-19(38)35-14-7-2-1-3-8-14/h1-12,20-21,23H,13H2,(H,35,38)/t20-,21?,23?/m1/s1. The summed E-state index contributed by atoms with van der Waals surface area (Å²) in [5.41, 5.74) is -0.877. The fraction of sp³-hybridized carbons (Fsp3) is 0.172. The molecule has 3 aromatic carbocycles. The van der Waals surface area contributed by atoms with E-state index in [1.54, 1.807) is 42.5 Å². The number of imide groups is 1. The molecular weight excluding hydrogens is 646 g/mol. The van der Waals surface area contributed by atoms with E-state index in [9.17, 15) is 32.3 Å². The minimum absolute atomic E-state index is 0.0781. The first kappa shape index (κ1) is 29.5. The van der Waals surface area contributed by atoms with Gasteiger partial charge in [0.05, 0.1) is 32.2 Å². The van der Waals surface area contributed by atoms with Crippen LogP contribution in [0.4, 0.5) is 24.5 Å². The molecule has 0 radical (unpaired) electrons. The summed E-state index contributed by atoms with van der Waals surface area (Å²) in [5.74, 6) is -4.44. The van der Waals surface area contributed by atoms with Gasteiger partial charge in [0, 0.05) is 16.5 Å². The Morgan fingerprint density at radius 1 is 0.907 bits per heavy atom. The number of hydrogen-bond donors (Lipinski definition) is 1. The number of alkyl halides is 3. The van der Waals surface area contributed by atoms with Gasteiger partial charge in [0.15, 0.2) is 0 Å². The normalized spacial score (nSPS) is 19.7. The van der Waals surface area contributed by atoms with Gasteiger partial charge < -0.3 is 5.32 Å². The second-order valence-corrected chi connectivity index (χ2v) is 12.7. The zero-order valence-electron chi connectivity index (χ0n) is 21.6. The van der Waals surface area contributed by atoms with E-state index in [-0.39, 0.29) is 15.1 Å². The number of carbonyl (C=O) groups is 3. The number of fused-ring (bicyclic) bond motifs is 2. The van der Waals surface area contributed by atoms with Crippen molar-refractivity contribution in [2.24, 2.45) is 5.92 Å².